The number of anilines is 2. The minimum absolute atomic E-state index is 0.383. The molecule has 0 spiro atoms. The number of hydrogen-bond acceptors (Lipinski definition) is 7. The minimum atomic E-state index is 0.383. The number of rotatable bonds is 4. The van der Waals surface area contributed by atoms with E-state index < -0.39 is 0 Å². The van der Waals surface area contributed by atoms with Crippen LogP contribution in [-0.2, 0) is 6.54 Å². The van der Waals surface area contributed by atoms with E-state index in [0.717, 1.165) is 38.3 Å². The van der Waals surface area contributed by atoms with Gasteiger partial charge in [0.05, 0.1) is 7.11 Å². The summed E-state index contributed by atoms with van der Waals surface area (Å²) in [6.45, 7) is 2.82. The zero-order chi connectivity index (χ0) is 14.7. The summed E-state index contributed by atoms with van der Waals surface area (Å²) < 4.78 is 7.36. The molecule has 0 unspecified atom stereocenters. The first-order chi connectivity index (χ1) is 10.3. The van der Waals surface area contributed by atoms with Gasteiger partial charge in [-0.05, 0) is 18.8 Å². The van der Waals surface area contributed by atoms with Crippen molar-refractivity contribution in [3.05, 3.63) is 19.0 Å². The van der Waals surface area contributed by atoms with Crippen molar-refractivity contribution >= 4 is 11.6 Å². The molecule has 0 radical (unpaired) electrons. The highest BCUT2D eigenvalue weighted by Gasteiger charge is 2.23. The van der Waals surface area contributed by atoms with Gasteiger partial charge in [-0.25, -0.2) is 9.97 Å². The largest absolute Gasteiger partial charge is 0.490 e. The molecule has 0 amide bonds. The maximum atomic E-state index is 5.84. The molecular formula is C13H19N7O. The molecule has 1 fully saturated rings. The van der Waals surface area contributed by atoms with Crippen LogP contribution in [0.3, 0.4) is 0 Å². The van der Waals surface area contributed by atoms with Gasteiger partial charge in [0.15, 0.2) is 11.6 Å². The fraction of sp³-hybridized carbons (Fsp3) is 0.538. The Bertz CT molecular complexity index is 578. The molecule has 0 aliphatic carbocycles. The van der Waals surface area contributed by atoms with Gasteiger partial charge in [-0.15, -0.1) is 10.2 Å². The number of aromatic nitrogens is 5. The number of nitrogen functional groups attached to an aromatic ring is 1. The van der Waals surface area contributed by atoms with Gasteiger partial charge >= 0.3 is 0 Å². The molecule has 0 saturated carbocycles. The van der Waals surface area contributed by atoms with E-state index in [1.165, 1.54) is 6.33 Å². The molecule has 3 heterocycles. The van der Waals surface area contributed by atoms with Crippen LogP contribution in [0.5, 0.6) is 5.75 Å². The second kappa shape index (κ2) is 5.94. The molecule has 1 aliphatic rings. The number of hydrogen-bond donors (Lipinski definition) is 1. The van der Waals surface area contributed by atoms with Crippen LogP contribution >= 0.6 is 0 Å². The van der Waals surface area contributed by atoms with Crippen molar-refractivity contribution in [3.63, 3.8) is 0 Å². The Morgan fingerprint density at radius 3 is 2.62 bits per heavy atom. The van der Waals surface area contributed by atoms with Crippen LogP contribution in [0.4, 0.5) is 11.6 Å². The van der Waals surface area contributed by atoms with Gasteiger partial charge in [0.2, 0.25) is 5.75 Å². The Morgan fingerprint density at radius 1 is 1.24 bits per heavy atom. The molecule has 1 saturated heterocycles. The number of piperidine rings is 1. The van der Waals surface area contributed by atoms with Gasteiger partial charge in [0.25, 0.3) is 0 Å². The molecule has 2 N–H and O–H groups in total. The number of ether oxygens (including phenoxy) is 1. The standard InChI is InChI=1S/C13H19N7O/c1-21-11-12(14)15-7-16-13(11)20-4-2-10(3-5-20)6-19-8-17-18-9-19/h7-10H,2-6H2,1H3,(H2,14,15,16). The Morgan fingerprint density at radius 2 is 1.95 bits per heavy atom. The summed E-state index contributed by atoms with van der Waals surface area (Å²) in [5.74, 6) is 2.36. The van der Waals surface area contributed by atoms with E-state index >= 15 is 0 Å². The molecule has 112 valence electrons. The summed E-state index contributed by atoms with van der Waals surface area (Å²) in [5.41, 5.74) is 5.84. The highest BCUT2D eigenvalue weighted by Crippen LogP contribution is 2.32. The van der Waals surface area contributed by atoms with Gasteiger partial charge in [0.1, 0.15) is 19.0 Å². The van der Waals surface area contributed by atoms with Gasteiger partial charge < -0.3 is 19.9 Å². The van der Waals surface area contributed by atoms with E-state index in [1.54, 1.807) is 19.8 Å². The maximum absolute atomic E-state index is 5.84. The van der Waals surface area contributed by atoms with Crippen LogP contribution in [0, 0.1) is 5.92 Å². The molecule has 0 aromatic carbocycles. The van der Waals surface area contributed by atoms with Crippen LogP contribution in [0.15, 0.2) is 19.0 Å². The Hall–Kier alpha value is -2.38. The Kier molecular flexibility index (Phi) is 3.85. The number of nitrogens with two attached hydrogens (primary N) is 1. The second-order valence-electron chi connectivity index (χ2n) is 5.20. The van der Waals surface area contributed by atoms with Crippen molar-refractivity contribution in [2.45, 2.75) is 19.4 Å². The highest BCUT2D eigenvalue weighted by atomic mass is 16.5. The van der Waals surface area contributed by atoms with E-state index in [2.05, 4.69) is 25.1 Å². The fourth-order valence-corrected chi connectivity index (χ4v) is 2.74. The number of methoxy groups -OCH3 is 1. The zero-order valence-corrected chi connectivity index (χ0v) is 12.0. The smallest absolute Gasteiger partial charge is 0.204 e. The van der Waals surface area contributed by atoms with E-state index in [9.17, 15) is 0 Å². The molecule has 8 heteroatoms. The molecule has 21 heavy (non-hydrogen) atoms. The van der Waals surface area contributed by atoms with Crippen LogP contribution in [-0.4, -0.2) is 44.9 Å². The third-order valence-electron chi connectivity index (χ3n) is 3.87. The molecule has 2 aromatic heterocycles. The van der Waals surface area contributed by atoms with E-state index in [0.29, 0.717) is 17.5 Å². The van der Waals surface area contributed by atoms with Crippen LogP contribution in [0.25, 0.3) is 0 Å². The second-order valence-corrected chi connectivity index (χ2v) is 5.20. The van der Waals surface area contributed by atoms with Crippen LogP contribution < -0.4 is 15.4 Å². The SMILES string of the molecule is COc1c(N)ncnc1N1CCC(Cn2cnnc2)CC1. The quantitative estimate of drug-likeness (QED) is 0.879. The molecule has 0 atom stereocenters. The summed E-state index contributed by atoms with van der Waals surface area (Å²) >= 11 is 0. The van der Waals surface area contributed by atoms with Gasteiger partial charge in [-0.3, -0.25) is 0 Å². The lowest BCUT2D eigenvalue weighted by Crippen LogP contribution is -2.35. The third-order valence-corrected chi connectivity index (χ3v) is 3.87. The lowest BCUT2D eigenvalue weighted by atomic mass is 9.96. The zero-order valence-electron chi connectivity index (χ0n) is 12.0. The summed E-state index contributed by atoms with van der Waals surface area (Å²) in [5, 5.41) is 7.68. The summed E-state index contributed by atoms with van der Waals surface area (Å²) in [7, 11) is 1.59. The molecule has 0 bridgehead atoms. The monoisotopic (exact) mass is 289 g/mol. The topological polar surface area (TPSA) is 95.0 Å². The first-order valence-corrected chi connectivity index (χ1v) is 6.99. The van der Waals surface area contributed by atoms with Crippen LogP contribution in [0.1, 0.15) is 12.8 Å². The van der Waals surface area contributed by atoms with Gasteiger partial charge in [0, 0.05) is 19.6 Å². The van der Waals surface area contributed by atoms with E-state index in [-0.39, 0.29) is 0 Å². The predicted octanol–water partition coefficient (Wildman–Crippen LogP) is 0.575. The van der Waals surface area contributed by atoms with Crippen molar-refractivity contribution in [1.82, 2.24) is 24.7 Å². The molecular weight excluding hydrogens is 270 g/mol. The van der Waals surface area contributed by atoms with Gasteiger partial charge in [-0.1, -0.05) is 0 Å². The molecule has 8 nitrogen and oxygen atoms in total. The van der Waals surface area contributed by atoms with E-state index in [1.807, 2.05) is 4.57 Å². The lowest BCUT2D eigenvalue weighted by molar-refractivity contribution is 0.351. The Labute approximate surface area is 123 Å². The summed E-state index contributed by atoms with van der Waals surface area (Å²) in [4.78, 5) is 10.5. The van der Waals surface area contributed by atoms with Crippen molar-refractivity contribution in [1.29, 1.82) is 0 Å². The molecule has 1 aliphatic heterocycles. The Balaban J connectivity index is 1.64. The lowest BCUT2D eigenvalue weighted by Gasteiger charge is -2.33. The van der Waals surface area contributed by atoms with Crippen LogP contribution in [0.2, 0.25) is 0 Å². The van der Waals surface area contributed by atoms with Crippen molar-refractivity contribution in [2.24, 2.45) is 5.92 Å². The maximum Gasteiger partial charge on any atom is 0.204 e. The average molecular weight is 289 g/mol. The summed E-state index contributed by atoms with van der Waals surface area (Å²) in [6.07, 6.45) is 7.19. The van der Waals surface area contributed by atoms with Crippen molar-refractivity contribution in [2.75, 3.05) is 30.8 Å². The predicted molar refractivity (Wildman–Crippen MR) is 78.0 cm³/mol. The molecule has 2 aromatic rings. The first kappa shape index (κ1) is 13.6. The first-order valence-electron chi connectivity index (χ1n) is 6.99. The number of nitrogens with zero attached hydrogens (tertiary/aromatic N) is 6. The van der Waals surface area contributed by atoms with Crippen molar-refractivity contribution < 1.29 is 4.74 Å². The minimum Gasteiger partial charge on any atom is -0.490 e. The normalized spacial score (nSPS) is 16.1. The van der Waals surface area contributed by atoms with Crippen molar-refractivity contribution in [3.8, 4) is 5.75 Å². The highest BCUT2D eigenvalue weighted by molar-refractivity contribution is 5.62. The van der Waals surface area contributed by atoms with E-state index in [4.69, 9.17) is 10.5 Å². The average Bonchev–Trinajstić information content (AvgIpc) is 3.01. The fourth-order valence-electron chi connectivity index (χ4n) is 2.74. The molecule has 3 rings (SSSR count). The summed E-state index contributed by atoms with van der Waals surface area (Å²) in [6, 6.07) is 0. The third kappa shape index (κ3) is 2.88. The van der Waals surface area contributed by atoms with Gasteiger partial charge in [-0.2, -0.15) is 0 Å².